The van der Waals surface area contributed by atoms with Gasteiger partial charge in [-0.3, -0.25) is 4.68 Å². The molecule has 0 fully saturated rings. The molecular weight excluding hydrogens is 377 g/mol. The van der Waals surface area contributed by atoms with E-state index in [9.17, 15) is 0 Å². The Morgan fingerprint density at radius 3 is 2.67 bits per heavy atom. The molecule has 1 aromatic carbocycles. The van der Waals surface area contributed by atoms with Crippen LogP contribution in [0.2, 0.25) is 10.0 Å². The van der Waals surface area contributed by atoms with Crippen LogP contribution in [-0.4, -0.2) is 9.78 Å². The van der Waals surface area contributed by atoms with E-state index in [1.807, 2.05) is 7.05 Å². The molecule has 0 saturated carbocycles. The first-order chi connectivity index (χ1) is 9.97. The van der Waals surface area contributed by atoms with E-state index < -0.39 is 0 Å². The average molecular weight is 393 g/mol. The van der Waals surface area contributed by atoms with E-state index in [4.69, 9.17) is 33.7 Å². The van der Waals surface area contributed by atoms with Gasteiger partial charge in [-0.15, -0.1) is 0 Å². The summed E-state index contributed by atoms with van der Waals surface area (Å²) in [6.45, 7) is 2.71. The molecule has 0 unspecified atom stereocenters. The molecule has 0 spiro atoms. The van der Waals surface area contributed by atoms with Crippen molar-refractivity contribution < 1.29 is 4.74 Å². The van der Waals surface area contributed by atoms with E-state index in [1.165, 1.54) is 0 Å². The zero-order valence-corrected chi connectivity index (χ0v) is 14.9. The zero-order chi connectivity index (χ0) is 15.6. The minimum Gasteiger partial charge on any atom is -0.485 e. The fourth-order valence-corrected chi connectivity index (χ4v) is 3.36. The summed E-state index contributed by atoms with van der Waals surface area (Å²) in [6.07, 6.45) is 0.851. The second-order valence-electron chi connectivity index (χ2n) is 4.55. The Morgan fingerprint density at radius 1 is 1.38 bits per heavy atom. The number of aromatic nitrogens is 2. The van der Waals surface area contributed by atoms with Gasteiger partial charge in [0.1, 0.15) is 12.4 Å². The third-order valence-corrected chi connectivity index (χ3v) is 4.58. The minimum atomic E-state index is 0.308. The predicted molar refractivity (Wildman–Crippen MR) is 89.0 cm³/mol. The van der Waals surface area contributed by atoms with Crippen molar-refractivity contribution in [2.75, 3.05) is 0 Å². The smallest absolute Gasteiger partial charge is 0.143 e. The number of rotatable bonds is 5. The largest absolute Gasteiger partial charge is 0.485 e. The molecule has 1 aromatic heterocycles. The monoisotopic (exact) mass is 391 g/mol. The van der Waals surface area contributed by atoms with Gasteiger partial charge in [0.25, 0.3) is 0 Å². The third-order valence-electron chi connectivity index (χ3n) is 3.16. The van der Waals surface area contributed by atoms with Gasteiger partial charge >= 0.3 is 0 Å². The van der Waals surface area contributed by atoms with Crippen LogP contribution in [0.4, 0.5) is 0 Å². The summed E-state index contributed by atoms with van der Waals surface area (Å²) in [7, 11) is 1.88. The Morgan fingerprint density at radius 2 is 2.10 bits per heavy atom. The van der Waals surface area contributed by atoms with Gasteiger partial charge in [-0.25, -0.2) is 0 Å². The summed E-state index contributed by atoms with van der Waals surface area (Å²) in [5, 5.41) is 5.43. The standard InChI is InChI=1S/C14H16BrCl2N3O/c1-3-11-13(15)12(20(2)19-11)7-21-14-8(6-18)4-9(16)5-10(14)17/h4-5H,3,6-7,18H2,1-2H3. The van der Waals surface area contributed by atoms with Crippen molar-refractivity contribution in [1.82, 2.24) is 9.78 Å². The van der Waals surface area contributed by atoms with Crippen molar-refractivity contribution in [2.24, 2.45) is 12.8 Å². The lowest BCUT2D eigenvalue weighted by atomic mass is 10.2. The van der Waals surface area contributed by atoms with Crippen LogP contribution in [0.15, 0.2) is 16.6 Å². The zero-order valence-electron chi connectivity index (χ0n) is 11.8. The highest BCUT2D eigenvalue weighted by Crippen LogP contribution is 2.33. The van der Waals surface area contributed by atoms with Gasteiger partial charge in [-0.1, -0.05) is 30.1 Å². The van der Waals surface area contributed by atoms with Crippen LogP contribution in [0, 0.1) is 0 Å². The van der Waals surface area contributed by atoms with Gasteiger partial charge in [-0.05, 0) is 34.5 Å². The SMILES string of the molecule is CCc1nn(C)c(COc2c(Cl)cc(Cl)cc2CN)c1Br. The van der Waals surface area contributed by atoms with Gasteiger partial charge in [0.05, 0.1) is 20.9 Å². The molecule has 7 heteroatoms. The molecule has 4 nitrogen and oxygen atoms in total. The quantitative estimate of drug-likeness (QED) is 0.833. The number of aryl methyl sites for hydroxylation is 2. The van der Waals surface area contributed by atoms with E-state index in [1.54, 1.807) is 16.8 Å². The Hall–Kier alpha value is -0.750. The van der Waals surface area contributed by atoms with Crippen molar-refractivity contribution >= 4 is 39.1 Å². The number of ether oxygens (including phenoxy) is 1. The summed E-state index contributed by atoms with van der Waals surface area (Å²) >= 11 is 15.7. The predicted octanol–water partition coefficient (Wildman–Crippen LogP) is 4.09. The first-order valence-electron chi connectivity index (χ1n) is 6.48. The number of benzene rings is 1. The van der Waals surface area contributed by atoms with Gasteiger partial charge in [0, 0.05) is 24.2 Å². The summed E-state index contributed by atoms with van der Waals surface area (Å²) in [5.74, 6) is 0.565. The van der Waals surface area contributed by atoms with Crippen molar-refractivity contribution in [3.63, 3.8) is 0 Å². The molecule has 0 atom stereocenters. The van der Waals surface area contributed by atoms with E-state index in [-0.39, 0.29) is 0 Å². The molecule has 21 heavy (non-hydrogen) atoms. The lowest BCUT2D eigenvalue weighted by Gasteiger charge is -2.13. The summed E-state index contributed by atoms with van der Waals surface area (Å²) in [5.41, 5.74) is 8.44. The number of halogens is 3. The fraction of sp³-hybridized carbons (Fsp3) is 0.357. The highest BCUT2D eigenvalue weighted by Gasteiger charge is 2.15. The molecular formula is C14H16BrCl2N3O. The highest BCUT2D eigenvalue weighted by atomic mass is 79.9. The second kappa shape index (κ2) is 7.01. The van der Waals surface area contributed by atoms with Crippen LogP contribution in [0.3, 0.4) is 0 Å². The second-order valence-corrected chi connectivity index (χ2v) is 6.19. The molecule has 2 N–H and O–H groups in total. The Labute approximate surface area is 142 Å². The molecule has 0 aliphatic rings. The van der Waals surface area contributed by atoms with Gasteiger partial charge in [-0.2, -0.15) is 5.10 Å². The average Bonchev–Trinajstić information content (AvgIpc) is 2.72. The maximum atomic E-state index is 6.19. The topological polar surface area (TPSA) is 53.1 Å². The molecule has 0 saturated heterocycles. The van der Waals surface area contributed by atoms with Gasteiger partial charge < -0.3 is 10.5 Å². The van der Waals surface area contributed by atoms with Gasteiger partial charge in [0.15, 0.2) is 0 Å². The van der Waals surface area contributed by atoms with Crippen molar-refractivity contribution in [3.05, 3.63) is 43.6 Å². The minimum absolute atomic E-state index is 0.308. The van der Waals surface area contributed by atoms with Crippen molar-refractivity contribution in [1.29, 1.82) is 0 Å². The van der Waals surface area contributed by atoms with E-state index in [2.05, 4.69) is 28.0 Å². The summed E-state index contributed by atoms with van der Waals surface area (Å²) in [6, 6.07) is 3.41. The number of nitrogens with zero attached hydrogens (tertiary/aromatic N) is 2. The molecule has 0 radical (unpaired) electrons. The van der Waals surface area contributed by atoms with Crippen LogP contribution in [0.1, 0.15) is 23.9 Å². The number of hydrogen-bond acceptors (Lipinski definition) is 3. The lowest BCUT2D eigenvalue weighted by molar-refractivity contribution is 0.291. The molecule has 114 valence electrons. The summed E-state index contributed by atoms with van der Waals surface area (Å²) < 4.78 is 8.62. The van der Waals surface area contributed by atoms with E-state index in [0.29, 0.717) is 28.9 Å². The van der Waals surface area contributed by atoms with Crippen LogP contribution < -0.4 is 10.5 Å². The van der Waals surface area contributed by atoms with E-state index in [0.717, 1.165) is 27.8 Å². The van der Waals surface area contributed by atoms with Crippen LogP contribution in [0.5, 0.6) is 5.75 Å². The van der Waals surface area contributed by atoms with Crippen LogP contribution >= 0.6 is 39.1 Å². The normalized spacial score (nSPS) is 11.0. The third kappa shape index (κ3) is 3.54. The molecule has 0 aliphatic carbocycles. The molecule has 0 aliphatic heterocycles. The number of hydrogen-bond donors (Lipinski definition) is 1. The van der Waals surface area contributed by atoms with Crippen LogP contribution in [0.25, 0.3) is 0 Å². The summed E-state index contributed by atoms with van der Waals surface area (Å²) in [4.78, 5) is 0. The fourth-order valence-electron chi connectivity index (χ4n) is 2.04. The van der Waals surface area contributed by atoms with Crippen LogP contribution in [-0.2, 0) is 26.6 Å². The maximum absolute atomic E-state index is 6.19. The molecule has 0 amide bonds. The first kappa shape index (κ1) is 16.6. The van der Waals surface area contributed by atoms with Crippen molar-refractivity contribution in [3.8, 4) is 5.75 Å². The van der Waals surface area contributed by atoms with Crippen molar-refractivity contribution in [2.45, 2.75) is 26.5 Å². The first-order valence-corrected chi connectivity index (χ1v) is 8.03. The molecule has 0 bridgehead atoms. The number of nitrogens with two attached hydrogens (primary N) is 1. The maximum Gasteiger partial charge on any atom is 0.143 e. The molecule has 1 heterocycles. The lowest BCUT2D eigenvalue weighted by Crippen LogP contribution is -2.07. The highest BCUT2D eigenvalue weighted by molar-refractivity contribution is 9.10. The molecule has 2 rings (SSSR count). The Bertz CT molecular complexity index is 658. The Balaban J connectivity index is 2.27. The molecule has 2 aromatic rings. The Kier molecular flexibility index (Phi) is 5.54. The van der Waals surface area contributed by atoms with Gasteiger partial charge in [0.2, 0.25) is 0 Å². The van der Waals surface area contributed by atoms with E-state index >= 15 is 0 Å².